The number of alkyl halides is 5. The van der Waals surface area contributed by atoms with E-state index in [-0.39, 0.29) is 0 Å². The van der Waals surface area contributed by atoms with Crippen LogP contribution in [0.15, 0.2) is 0 Å². The minimum atomic E-state index is -6.95. The zero-order valence-corrected chi connectivity index (χ0v) is 5.46. The summed E-state index contributed by atoms with van der Waals surface area (Å²) in [6.45, 7) is 0. The van der Waals surface area contributed by atoms with Gasteiger partial charge in [0.15, 0.2) is 0 Å². The third-order valence-electron chi connectivity index (χ3n) is 0.687. The summed E-state index contributed by atoms with van der Waals surface area (Å²) in [7, 11) is -6.95. The van der Waals surface area contributed by atoms with Crippen molar-refractivity contribution in [2.45, 2.75) is 11.8 Å². The first-order valence-corrected chi connectivity index (χ1v) is 3.52. The molecule has 0 fully saturated rings. The van der Waals surface area contributed by atoms with Crippen LogP contribution in [0.4, 0.5) is 26.1 Å². The van der Waals surface area contributed by atoms with Crippen LogP contribution in [-0.2, 0) is 4.57 Å². The van der Waals surface area contributed by atoms with Crippen molar-refractivity contribution in [3.05, 3.63) is 0 Å². The van der Waals surface area contributed by atoms with Gasteiger partial charge in [-0.3, -0.25) is 0 Å². The van der Waals surface area contributed by atoms with E-state index in [1.807, 2.05) is 0 Å². The second-order valence-electron chi connectivity index (χ2n) is 1.54. The van der Waals surface area contributed by atoms with Crippen molar-refractivity contribution in [3.8, 4) is 0 Å². The van der Waals surface area contributed by atoms with Gasteiger partial charge in [0.1, 0.15) is 0 Å². The highest BCUT2D eigenvalue weighted by atomic mass is 31.2. The summed E-state index contributed by atoms with van der Waals surface area (Å²) in [6, 6.07) is 0. The van der Waals surface area contributed by atoms with Crippen molar-refractivity contribution in [3.63, 3.8) is 0 Å². The minimum absolute atomic E-state index is 6.18. The summed E-state index contributed by atoms with van der Waals surface area (Å²) in [5.41, 5.74) is -6.18. The number of rotatable bonds is 1. The molecule has 0 saturated heterocycles. The van der Waals surface area contributed by atoms with E-state index in [9.17, 15) is 30.7 Å². The number of hydrogen-bond acceptors (Lipinski definition) is 1. The highest BCUT2D eigenvalue weighted by Crippen LogP contribution is 2.64. The van der Waals surface area contributed by atoms with Gasteiger partial charge < -0.3 is 4.89 Å². The average Bonchev–Trinajstić information content (AvgIpc) is 1.58. The molecule has 68 valence electrons. The highest BCUT2D eigenvalue weighted by molar-refractivity contribution is 7.53. The molecule has 0 bridgehead atoms. The Balaban J connectivity index is 4.91. The Morgan fingerprint density at radius 3 is 1.36 bits per heavy atom. The Bertz CT molecular complexity index is 189. The third-order valence-corrected chi connectivity index (χ3v) is 1.63. The van der Waals surface area contributed by atoms with Crippen LogP contribution in [-0.4, -0.2) is 16.7 Å². The van der Waals surface area contributed by atoms with Gasteiger partial charge in [-0.15, -0.1) is 0 Å². The quantitative estimate of drug-likeness (QED) is 0.523. The van der Waals surface area contributed by atoms with Crippen LogP contribution in [0.1, 0.15) is 0 Å². The topological polar surface area (TPSA) is 37.3 Å². The second-order valence-corrected chi connectivity index (χ2v) is 3.11. The lowest BCUT2D eigenvalue weighted by Crippen LogP contribution is -2.34. The maximum Gasteiger partial charge on any atom is 0.466 e. The van der Waals surface area contributed by atoms with Crippen molar-refractivity contribution < 1.29 is 35.6 Å². The van der Waals surface area contributed by atoms with E-state index in [4.69, 9.17) is 4.89 Å². The molecule has 0 aliphatic heterocycles. The minimum Gasteiger partial charge on any atom is -0.317 e. The summed E-state index contributed by atoms with van der Waals surface area (Å²) in [4.78, 5) is 7.30. The standard InChI is InChI=1S/C2HF6O2P/c3-1(4,5)2(6,7)11(8,9)10/h(H,9,10). The second kappa shape index (κ2) is 2.38. The molecule has 0 amide bonds. The normalized spacial score (nSPS) is 19.5. The first-order chi connectivity index (χ1) is 4.50. The van der Waals surface area contributed by atoms with Gasteiger partial charge in [0.25, 0.3) is 0 Å². The zero-order valence-electron chi connectivity index (χ0n) is 4.57. The van der Waals surface area contributed by atoms with E-state index in [0.29, 0.717) is 0 Å². The molecule has 0 rings (SSSR count). The van der Waals surface area contributed by atoms with Crippen LogP contribution in [0.25, 0.3) is 0 Å². The lowest BCUT2D eigenvalue weighted by Gasteiger charge is -2.18. The van der Waals surface area contributed by atoms with Crippen molar-refractivity contribution in [2.75, 3.05) is 0 Å². The van der Waals surface area contributed by atoms with Gasteiger partial charge in [0, 0.05) is 0 Å². The Labute approximate surface area is 56.4 Å². The van der Waals surface area contributed by atoms with Gasteiger partial charge in [-0.05, 0) is 0 Å². The fourth-order valence-corrected chi connectivity index (χ4v) is 0.469. The molecule has 11 heavy (non-hydrogen) atoms. The fourth-order valence-electron chi connectivity index (χ4n) is 0.156. The van der Waals surface area contributed by atoms with E-state index in [1.165, 1.54) is 0 Å². The first kappa shape index (κ1) is 10.8. The largest absolute Gasteiger partial charge is 0.466 e. The molecule has 1 atom stereocenters. The zero-order chi connectivity index (χ0) is 9.50. The van der Waals surface area contributed by atoms with Crippen LogP contribution < -0.4 is 0 Å². The van der Waals surface area contributed by atoms with Gasteiger partial charge in [0.2, 0.25) is 0 Å². The van der Waals surface area contributed by atoms with Gasteiger partial charge >= 0.3 is 19.5 Å². The Hall–Kier alpha value is -0.230. The van der Waals surface area contributed by atoms with Crippen LogP contribution in [0.3, 0.4) is 0 Å². The highest BCUT2D eigenvalue weighted by Gasteiger charge is 2.70. The van der Waals surface area contributed by atoms with Crippen molar-refractivity contribution in [2.24, 2.45) is 0 Å². The maximum absolute atomic E-state index is 11.4. The van der Waals surface area contributed by atoms with E-state index in [2.05, 4.69) is 0 Å². The summed E-state index contributed by atoms with van der Waals surface area (Å²) in [6.07, 6.45) is -6.34. The number of hydrogen-bond donors (Lipinski definition) is 1. The van der Waals surface area contributed by atoms with Gasteiger partial charge in [0.05, 0.1) is 0 Å². The Morgan fingerprint density at radius 2 is 1.36 bits per heavy atom. The van der Waals surface area contributed by atoms with Gasteiger partial charge in [-0.2, -0.15) is 26.1 Å². The molecule has 2 nitrogen and oxygen atoms in total. The predicted octanol–water partition coefficient (Wildman–Crippen LogP) is 2.30. The molecule has 0 aromatic heterocycles. The van der Waals surface area contributed by atoms with E-state index in [0.717, 1.165) is 0 Å². The molecule has 0 radical (unpaired) electrons. The maximum atomic E-state index is 11.4. The van der Waals surface area contributed by atoms with Gasteiger partial charge in [-0.1, -0.05) is 0 Å². The van der Waals surface area contributed by atoms with Crippen LogP contribution in [0.5, 0.6) is 0 Å². The van der Waals surface area contributed by atoms with Crippen LogP contribution in [0, 0.1) is 0 Å². The van der Waals surface area contributed by atoms with Crippen molar-refractivity contribution in [1.29, 1.82) is 0 Å². The smallest absolute Gasteiger partial charge is 0.317 e. The molecule has 0 aromatic carbocycles. The average molecular weight is 202 g/mol. The molecule has 0 spiro atoms. The molecule has 1 N–H and O–H groups in total. The molecule has 9 heteroatoms. The van der Waals surface area contributed by atoms with Gasteiger partial charge in [-0.25, -0.2) is 4.57 Å². The van der Waals surface area contributed by atoms with Crippen LogP contribution in [0.2, 0.25) is 0 Å². The van der Waals surface area contributed by atoms with E-state index >= 15 is 0 Å². The molecule has 0 aliphatic carbocycles. The fraction of sp³-hybridized carbons (Fsp3) is 1.00. The SMILES string of the molecule is O=P(O)(F)C(F)(F)C(F)(F)F. The van der Waals surface area contributed by atoms with Crippen LogP contribution >= 0.6 is 7.68 Å². The van der Waals surface area contributed by atoms with E-state index in [1.54, 1.807) is 0 Å². The Kier molecular flexibility index (Phi) is 2.33. The monoisotopic (exact) mass is 202 g/mol. The molecular weight excluding hydrogens is 201 g/mol. The predicted molar refractivity (Wildman–Crippen MR) is 21.9 cm³/mol. The lowest BCUT2D eigenvalue weighted by atomic mass is 10.7. The molecule has 0 heterocycles. The summed E-state index contributed by atoms with van der Waals surface area (Å²) in [5.74, 6) is 0. The molecule has 0 aromatic rings. The van der Waals surface area contributed by atoms with Crippen molar-refractivity contribution >= 4 is 7.68 Å². The first-order valence-electron chi connectivity index (χ1n) is 1.97. The van der Waals surface area contributed by atoms with Crippen molar-refractivity contribution in [1.82, 2.24) is 0 Å². The summed E-state index contributed by atoms with van der Waals surface area (Å²) >= 11 is 0. The lowest BCUT2D eigenvalue weighted by molar-refractivity contribution is -0.247. The number of halogens is 6. The Morgan fingerprint density at radius 1 is 1.09 bits per heavy atom. The third kappa shape index (κ3) is 1.87. The summed E-state index contributed by atoms with van der Waals surface area (Å²) in [5, 5.41) is 0. The van der Waals surface area contributed by atoms with E-state index < -0.39 is 19.5 Å². The molecular formula is C2HF6O2P. The summed E-state index contributed by atoms with van der Waals surface area (Å²) < 4.78 is 76.5. The molecule has 1 unspecified atom stereocenters. The molecule has 0 aliphatic rings. The molecule has 0 saturated carbocycles.